The molecule has 0 aromatic carbocycles. The van der Waals surface area contributed by atoms with Gasteiger partial charge in [0.05, 0.1) is 39.9 Å². The van der Waals surface area contributed by atoms with Gasteiger partial charge in [-0.3, -0.25) is 9.36 Å². The highest BCUT2D eigenvalue weighted by atomic mass is 31.2. The van der Waals surface area contributed by atoms with Crippen LogP contribution in [0, 0.1) is 0 Å². The average Bonchev–Trinajstić information content (AvgIpc) is 3.28. The van der Waals surface area contributed by atoms with E-state index in [9.17, 15) is 19.4 Å². The second kappa shape index (κ2) is 49.5. The first-order chi connectivity index (χ1) is 32.0. The number of nitrogens with one attached hydrogen (secondary N) is 1. The van der Waals surface area contributed by atoms with Crippen LogP contribution < -0.4 is 10.2 Å². The molecular weight excluding hydrogens is 840 g/mol. The summed E-state index contributed by atoms with van der Waals surface area (Å²) in [5, 5.41) is 14.0. The van der Waals surface area contributed by atoms with Gasteiger partial charge in [-0.2, -0.15) is 0 Å². The Bertz CT molecular complexity index is 1040. The first-order valence-electron chi connectivity index (χ1n) is 29.4. The Morgan fingerprint density at radius 1 is 0.470 bits per heavy atom. The SMILES string of the molecule is CCCCCCCCCCCCCCCCCCCCCCCCCCCCCCC(O)C(COP(=O)([O-])OCC[N+](C)(C)C)NC(=O)CCCCCCCCCCCCCCCCCC. The Kier molecular flexibility index (Phi) is 49.1. The van der Waals surface area contributed by atoms with Crippen LogP contribution in [0.2, 0.25) is 0 Å². The van der Waals surface area contributed by atoms with Crippen LogP contribution in [0.1, 0.15) is 309 Å². The fourth-order valence-electron chi connectivity index (χ4n) is 9.22. The van der Waals surface area contributed by atoms with E-state index in [2.05, 4.69) is 19.2 Å². The maximum absolute atomic E-state index is 13.0. The minimum atomic E-state index is -4.57. The van der Waals surface area contributed by atoms with E-state index in [1.165, 1.54) is 244 Å². The topological polar surface area (TPSA) is 108 Å². The number of hydrogen-bond acceptors (Lipinski definition) is 6. The summed E-state index contributed by atoms with van der Waals surface area (Å²) >= 11 is 0. The van der Waals surface area contributed by atoms with Crippen LogP contribution in [0.3, 0.4) is 0 Å². The van der Waals surface area contributed by atoms with E-state index in [4.69, 9.17) is 9.05 Å². The number of carbonyl (C=O) groups excluding carboxylic acids is 1. The number of likely N-dealkylation sites (N-methyl/N-ethyl adjacent to an activating group) is 1. The van der Waals surface area contributed by atoms with Crippen molar-refractivity contribution >= 4 is 13.7 Å². The van der Waals surface area contributed by atoms with E-state index in [1.54, 1.807) is 0 Å². The van der Waals surface area contributed by atoms with Gasteiger partial charge in [0, 0.05) is 6.42 Å². The summed E-state index contributed by atoms with van der Waals surface area (Å²) in [6.07, 6.45) is 58.5. The van der Waals surface area contributed by atoms with Gasteiger partial charge in [-0.1, -0.05) is 290 Å². The van der Waals surface area contributed by atoms with Crippen molar-refractivity contribution in [2.75, 3.05) is 40.9 Å². The van der Waals surface area contributed by atoms with E-state index < -0.39 is 20.0 Å². The number of carbonyl (C=O) groups is 1. The number of nitrogens with zero attached hydrogens (tertiary/aromatic N) is 1. The molecular formula is C57H117N2O6P. The average molecular weight is 958 g/mol. The van der Waals surface area contributed by atoms with E-state index in [0.717, 1.165) is 38.5 Å². The van der Waals surface area contributed by atoms with Gasteiger partial charge in [0.1, 0.15) is 13.2 Å². The number of hydrogen-bond donors (Lipinski definition) is 2. The predicted octanol–water partition coefficient (Wildman–Crippen LogP) is 17.0. The standard InChI is InChI=1S/C57H117N2O6P/c1-6-8-10-12-14-16-18-20-22-24-25-26-27-28-29-30-31-32-33-34-35-36-38-40-42-44-46-48-50-56(60)55(54-65-66(62,63)64-53-52-59(3,4)5)58-57(61)51-49-47-45-43-41-39-37-23-21-19-17-15-13-11-9-7-2/h55-56,60H,6-54H2,1-5H3,(H-,58,61,62,63). The largest absolute Gasteiger partial charge is 0.756 e. The summed E-state index contributed by atoms with van der Waals surface area (Å²) in [5.41, 5.74) is 0. The van der Waals surface area contributed by atoms with Crippen molar-refractivity contribution in [1.82, 2.24) is 5.32 Å². The molecule has 0 aromatic rings. The smallest absolute Gasteiger partial charge is 0.268 e. The molecule has 1 amide bonds. The number of aliphatic hydroxyl groups excluding tert-OH is 1. The third-order valence-electron chi connectivity index (χ3n) is 13.8. The molecule has 396 valence electrons. The summed E-state index contributed by atoms with van der Waals surface area (Å²) in [6.45, 7) is 4.78. The number of rotatable bonds is 55. The minimum Gasteiger partial charge on any atom is -0.756 e. The van der Waals surface area contributed by atoms with Crippen molar-refractivity contribution in [3.8, 4) is 0 Å². The van der Waals surface area contributed by atoms with E-state index in [1.807, 2.05) is 21.1 Å². The molecule has 0 aliphatic rings. The van der Waals surface area contributed by atoms with Crippen LogP contribution in [0.25, 0.3) is 0 Å². The molecule has 2 N–H and O–H groups in total. The number of quaternary nitrogens is 1. The zero-order chi connectivity index (χ0) is 48.5. The summed E-state index contributed by atoms with van der Waals surface area (Å²) in [5.74, 6) is -0.157. The summed E-state index contributed by atoms with van der Waals surface area (Å²) in [4.78, 5) is 25.5. The lowest BCUT2D eigenvalue weighted by Crippen LogP contribution is -2.46. The third kappa shape index (κ3) is 51.4. The zero-order valence-corrected chi connectivity index (χ0v) is 46.1. The number of unbranched alkanes of at least 4 members (excludes halogenated alkanes) is 42. The van der Waals surface area contributed by atoms with Crippen molar-refractivity contribution in [3.63, 3.8) is 0 Å². The van der Waals surface area contributed by atoms with E-state index >= 15 is 0 Å². The van der Waals surface area contributed by atoms with Gasteiger partial charge < -0.3 is 28.8 Å². The van der Waals surface area contributed by atoms with Gasteiger partial charge in [-0.05, 0) is 12.8 Å². The highest BCUT2D eigenvalue weighted by Crippen LogP contribution is 2.38. The fourth-order valence-corrected chi connectivity index (χ4v) is 9.94. The maximum atomic E-state index is 13.0. The summed E-state index contributed by atoms with van der Waals surface area (Å²) in [7, 11) is 1.33. The van der Waals surface area contributed by atoms with Gasteiger partial charge in [-0.25, -0.2) is 0 Å². The zero-order valence-electron chi connectivity index (χ0n) is 45.2. The lowest BCUT2D eigenvalue weighted by atomic mass is 10.0. The minimum absolute atomic E-state index is 0.0166. The Balaban J connectivity index is 4.06. The molecule has 0 aliphatic carbocycles. The lowest BCUT2D eigenvalue weighted by molar-refractivity contribution is -0.870. The van der Waals surface area contributed by atoms with E-state index in [0.29, 0.717) is 23.9 Å². The van der Waals surface area contributed by atoms with Crippen LogP contribution in [0.5, 0.6) is 0 Å². The van der Waals surface area contributed by atoms with Gasteiger partial charge in [0.25, 0.3) is 7.82 Å². The van der Waals surface area contributed by atoms with Crippen LogP contribution in [0.4, 0.5) is 0 Å². The summed E-state index contributed by atoms with van der Waals surface area (Å²) in [6, 6.07) is -0.795. The first-order valence-corrected chi connectivity index (χ1v) is 30.8. The molecule has 3 unspecified atom stereocenters. The van der Waals surface area contributed by atoms with Gasteiger partial charge in [-0.15, -0.1) is 0 Å². The van der Waals surface area contributed by atoms with Crippen molar-refractivity contribution in [2.45, 2.75) is 321 Å². The predicted molar refractivity (Wildman–Crippen MR) is 284 cm³/mol. The van der Waals surface area contributed by atoms with Gasteiger partial charge >= 0.3 is 0 Å². The highest BCUT2D eigenvalue weighted by molar-refractivity contribution is 7.45. The quantitative estimate of drug-likeness (QED) is 0.0357. The van der Waals surface area contributed by atoms with Gasteiger partial charge in [0.15, 0.2) is 0 Å². The van der Waals surface area contributed by atoms with Crippen LogP contribution >= 0.6 is 7.82 Å². The number of phosphoric ester groups is 1. The second-order valence-corrected chi connectivity index (χ2v) is 23.1. The van der Waals surface area contributed by atoms with E-state index in [-0.39, 0.29) is 19.1 Å². The van der Waals surface area contributed by atoms with Crippen LogP contribution in [-0.4, -0.2) is 68.5 Å². The molecule has 0 bridgehead atoms. The van der Waals surface area contributed by atoms with Crippen LogP contribution in [0.15, 0.2) is 0 Å². The molecule has 66 heavy (non-hydrogen) atoms. The Morgan fingerprint density at radius 2 is 0.742 bits per heavy atom. The summed E-state index contributed by atoms with van der Waals surface area (Å²) < 4.78 is 23.4. The first kappa shape index (κ1) is 65.5. The number of aliphatic hydroxyl groups is 1. The lowest BCUT2D eigenvalue weighted by Gasteiger charge is -2.30. The molecule has 9 heteroatoms. The molecule has 0 spiro atoms. The molecule has 0 rings (SSSR count). The number of phosphoric acid groups is 1. The molecule has 0 aliphatic heterocycles. The monoisotopic (exact) mass is 957 g/mol. The normalized spacial score (nSPS) is 13.9. The molecule has 0 saturated heterocycles. The fraction of sp³-hybridized carbons (Fsp3) is 0.982. The molecule has 8 nitrogen and oxygen atoms in total. The van der Waals surface area contributed by atoms with Crippen molar-refractivity contribution in [1.29, 1.82) is 0 Å². The molecule has 0 heterocycles. The molecule has 0 aromatic heterocycles. The van der Waals surface area contributed by atoms with Crippen molar-refractivity contribution in [3.05, 3.63) is 0 Å². The third-order valence-corrected chi connectivity index (χ3v) is 14.8. The second-order valence-electron chi connectivity index (χ2n) is 21.7. The molecule has 0 radical (unpaired) electrons. The Morgan fingerprint density at radius 3 is 1.03 bits per heavy atom. The highest BCUT2D eigenvalue weighted by Gasteiger charge is 2.24. The molecule has 0 fully saturated rings. The maximum Gasteiger partial charge on any atom is 0.268 e. The van der Waals surface area contributed by atoms with Crippen LogP contribution in [-0.2, 0) is 18.4 Å². The molecule has 0 saturated carbocycles. The Labute approximate surface area is 412 Å². The number of amides is 1. The van der Waals surface area contributed by atoms with Crippen molar-refractivity contribution in [2.24, 2.45) is 0 Å². The Hall–Kier alpha value is -0.500. The molecule has 3 atom stereocenters. The van der Waals surface area contributed by atoms with Gasteiger partial charge in [0.2, 0.25) is 5.91 Å². The van der Waals surface area contributed by atoms with Crippen molar-refractivity contribution < 1.29 is 32.9 Å².